The van der Waals surface area contributed by atoms with Crippen LogP contribution in [0.5, 0.6) is 0 Å². The van der Waals surface area contributed by atoms with Gasteiger partial charge in [0.15, 0.2) is 0 Å². The molecule has 0 bridgehead atoms. The Morgan fingerprint density at radius 2 is 2.33 bits per heavy atom. The summed E-state index contributed by atoms with van der Waals surface area (Å²) in [4.78, 5) is 33.6. The van der Waals surface area contributed by atoms with Gasteiger partial charge in [0.05, 0.1) is 6.54 Å². The maximum atomic E-state index is 12.5. The fourth-order valence-electron chi connectivity index (χ4n) is 2.51. The minimum Gasteiger partial charge on any atom is -0.383 e. The number of nitrogens with one attached hydrogen (secondary N) is 2. The molecule has 1 aliphatic carbocycles. The maximum absolute atomic E-state index is 12.5. The van der Waals surface area contributed by atoms with Crippen molar-refractivity contribution < 1.29 is 4.79 Å². The Hall–Kier alpha value is -2.35. The van der Waals surface area contributed by atoms with Crippen LogP contribution >= 0.6 is 11.3 Å². The molecule has 0 unspecified atom stereocenters. The number of nitrogen functional groups attached to an aromatic ring is 1. The molecular weight excluding hydrogens is 326 g/mol. The number of carbonyl (C=O) groups excluding carboxylic acids is 1. The molecule has 1 aliphatic rings. The van der Waals surface area contributed by atoms with E-state index in [1.54, 1.807) is 11.3 Å². The van der Waals surface area contributed by atoms with Gasteiger partial charge < -0.3 is 20.9 Å². The molecule has 2 aromatic heterocycles. The van der Waals surface area contributed by atoms with Gasteiger partial charge in [-0.05, 0) is 36.8 Å². The number of aromatic amines is 1. The Bertz CT molecular complexity index is 781. The van der Waals surface area contributed by atoms with Gasteiger partial charge >= 0.3 is 6.03 Å². The fraction of sp³-hybridized carbons (Fsp3) is 0.438. The molecule has 1 fully saturated rings. The van der Waals surface area contributed by atoms with E-state index in [1.165, 1.54) is 16.5 Å². The van der Waals surface area contributed by atoms with E-state index >= 15 is 0 Å². The van der Waals surface area contributed by atoms with Gasteiger partial charge in [0.25, 0.3) is 5.56 Å². The van der Waals surface area contributed by atoms with Crippen molar-refractivity contribution in [2.45, 2.75) is 38.8 Å². The summed E-state index contributed by atoms with van der Waals surface area (Å²) in [6.07, 6.45) is 2.55. The van der Waals surface area contributed by atoms with Crippen molar-refractivity contribution in [1.29, 1.82) is 0 Å². The fourth-order valence-corrected chi connectivity index (χ4v) is 3.41. The molecule has 0 aliphatic heterocycles. The Kier molecular flexibility index (Phi) is 4.84. The number of aromatic nitrogens is 2. The Morgan fingerprint density at radius 3 is 2.96 bits per heavy atom. The van der Waals surface area contributed by atoms with Crippen molar-refractivity contribution in [2.75, 3.05) is 12.3 Å². The van der Waals surface area contributed by atoms with E-state index in [0.717, 1.165) is 12.8 Å². The molecule has 0 radical (unpaired) electrons. The van der Waals surface area contributed by atoms with E-state index in [4.69, 9.17) is 5.73 Å². The second kappa shape index (κ2) is 7.04. The lowest BCUT2D eigenvalue weighted by atomic mass is 10.3. The summed E-state index contributed by atoms with van der Waals surface area (Å²) in [5.41, 5.74) is 6.49. The maximum Gasteiger partial charge on any atom is 0.317 e. The standard InChI is InChI=1S/C16H21N5O2S/c1-10-5-7-24-12(10)9-21(11-2-3-11)16(23)18-6-4-14-19-13(17)8-15(22)20-14/h5,7-8,11H,2-4,6,9H2,1H3,(H,18,23)(H3,17,19,20,22). The van der Waals surface area contributed by atoms with Crippen molar-refractivity contribution in [1.82, 2.24) is 20.2 Å². The zero-order valence-corrected chi connectivity index (χ0v) is 14.4. The number of carbonyl (C=O) groups is 1. The Balaban J connectivity index is 1.56. The minimum atomic E-state index is -0.281. The number of H-pyrrole nitrogens is 1. The lowest BCUT2D eigenvalue weighted by molar-refractivity contribution is 0.192. The number of nitrogens with zero attached hydrogens (tertiary/aromatic N) is 2. The summed E-state index contributed by atoms with van der Waals surface area (Å²) in [7, 11) is 0. The number of aryl methyl sites for hydroxylation is 1. The zero-order valence-electron chi connectivity index (χ0n) is 13.5. The highest BCUT2D eigenvalue weighted by Crippen LogP contribution is 2.30. The molecule has 0 spiro atoms. The molecule has 7 nitrogen and oxygen atoms in total. The van der Waals surface area contributed by atoms with Crippen LogP contribution < -0.4 is 16.6 Å². The van der Waals surface area contributed by atoms with Gasteiger partial charge in [-0.3, -0.25) is 4.79 Å². The Labute approximate surface area is 143 Å². The predicted molar refractivity (Wildman–Crippen MR) is 94.0 cm³/mol. The second-order valence-corrected chi connectivity index (χ2v) is 6.99. The number of thiophene rings is 1. The first-order chi connectivity index (χ1) is 11.5. The van der Waals surface area contributed by atoms with Crippen LogP contribution in [-0.4, -0.2) is 33.5 Å². The number of anilines is 1. The molecule has 24 heavy (non-hydrogen) atoms. The van der Waals surface area contributed by atoms with Gasteiger partial charge in [0.2, 0.25) is 0 Å². The summed E-state index contributed by atoms with van der Waals surface area (Å²) < 4.78 is 0. The van der Waals surface area contributed by atoms with E-state index in [0.29, 0.717) is 31.4 Å². The van der Waals surface area contributed by atoms with Gasteiger partial charge in [0.1, 0.15) is 11.6 Å². The van der Waals surface area contributed by atoms with E-state index in [-0.39, 0.29) is 17.4 Å². The molecule has 2 aromatic rings. The number of hydrogen-bond donors (Lipinski definition) is 3. The largest absolute Gasteiger partial charge is 0.383 e. The smallest absolute Gasteiger partial charge is 0.317 e. The van der Waals surface area contributed by atoms with Crippen LogP contribution in [0.25, 0.3) is 0 Å². The third-order valence-electron chi connectivity index (χ3n) is 3.98. The summed E-state index contributed by atoms with van der Waals surface area (Å²) in [5, 5.41) is 4.96. The molecule has 2 heterocycles. The van der Waals surface area contributed by atoms with Crippen LogP contribution in [0.15, 0.2) is 22.3 Å². The molecule has 3 rings (SSSR count). The molecule has 128 valence electrons. The normalized spacial score (nSPS) is 13.7. The van der Waals surface area contributed by atoms with Crippen LogP contribution in [0, 0.1) is 6.92 Å². The molecular formula is C16H21N5O2S. The average molecular weight is 347 g/mol. The SMILES string of the molecule is Cc1ccsc1CN(C(=O)NCCc1nc(N)cc(=O)[nH]1)C1CC1. The second-order valence-electron chi connectivity index (χ2n) is 5.98. The molecule has 8 heteroatoms. The summed E-state index contributed by atoms with van der Waals surface area (Å²) >= 11 is 1.68. The van der Waals surface area contributed by atoms with Crippen molar-refractivity contribution in [3.63, 3.8) is 0 Å². The van der Waals surface area contributed by atoms with Gasteiger partial charge in [-0.1, -0.05) is 0 Å². The van der Waals surface area contributed by atoms with Crippen molar-refractivity contribution >= 4 is 23.2 Å². The van der Waals surface area contributed by atoms with Crippen LogP contribution in [0.1, 0.15) is 29.1 Å². The molecule has 0 saturated heterocycles. The number of amides is 2. The third kappa shape index (κ3) is 4.14. The highest BCUT2D eigenvalue weighted by molar-refractivity contribution is 7.10. The van der Waals surface area contributed by atoms with Crippen molar-refractivity contribution in [2.24, 2.45) is 0 Å². The summed E-state index contributed by atoms with van der Waals surface area (Å²) in [6.45, 7) is 3.11. The minimum absolute atomic E-state index is 0.0726. The Morgan fingerprint density at radius 1 is 1.54 bits per heavy atom. The molecule has 0 aromatic carbocycles. The van der Waals surface area contributed by atoms with Crippen LogP contribution in [0.3, 0.4) is 0 Å². The van der Waals surface area contributed by atoms with Crippen LogP contribution in [-0.2, 0) is 13.0 Å². The van der Waals surface area contributed by atoms with Gasteiger partial charge in [-0.2, -0.15) is 0 Å². The molecule has 4 N–H and O–H groups in total. The first kappa shape index (κ1) is 16.5. The zero-order chi connectivity index (χ0) is 17.1. The number of hydrogen-bond acceptors (Lipinski definition) is 5. The highest BCUT2D eigenvalue weighted by atomic mass is 32.1. The lowest BCUT2D eigenvalue weighted by Gasteiger charge is -2.22. The molecule has 2 amide bonds. The first-order valence-corrected chi connectivity index (χ1v) is 8.84. The van der Waals surface area contributed by atoms with E-state index < -0.39 is 0 Å². The van der Waals surface area contributed by atoms with Gasteiger partial charge in [-0.15, -0.1) is 11.3 Å². The number of nitrogens with two attached hydrogens (primary N) is 1. The number of rotatable bonds is 6. The van der Waals surface area contributed by atoms with Crippen LogP contribution in [0.4, 0.5) is 10.6 Å². The van der Waals surface area contributed by atoms with Gasteiger partial charge in [0, 0.05) is 30.0 Å². The van der Waals surface area contributed by atoms with E-state index in [1.807, 2.05) is 4.90 Å². The summed E-state index contributed by atoms with van der Waals surface area (Å²) in [5.74, 6) is 0.667. The topological polar surface area (TPSA) is 104 Å². The number of urea groups is 1. The van der Waals surface area contributed by atoms with E-state index in [9.17, 15) is 9.59 Å². The van der Waals surface area contributed by atoms with Crippen LogP contribution in [0.2, 0.25) is 0 Å². The average Bonchev–Trinajstić information content (AvgIpc) is 3.27. The lowest BCUT2D eigenvalue weighted by Crippen LogP contribution is -2.41. The van der Waals surface area contributed by atoms with Crippen molar-refractivity contribution in [3.8, 4) is 0 Å². The van der Waals surface area contributed by atoms with E-state index in [2.05, 4.69) is 33.7 Å². The van der Waals surface area contributed by atoms with Crippen molar-refractivity contribution in [3.05, 3.63) is 44.1 Å². The summed E-state index contributed by atoms with van der Waals surface area (Å²) in [6, 6.07) is 3.57. The molecule has 0 atom stereocenters. The first-order valence-electron chi connectivity index (χ1n) is 7.96. The monoisotopic (exact) mass is 347 g/mol. The highest BCUT2D eigenvalue weighted by Gasteiger charge is 2.32. The van der Waals surface area contributed by atoms with Gasteiger partial charge in [-0.25, -0.2) is 9.78 Å². The third-order valence-corrected chi connectivity index (χ3v) is 4.99. The quantitative estimate of drug-likeness (QED) is 0.739. The molecule has 1 saturated carbocycles. The predicted octanol–water partition coefficient (Wildman–Crippen LogP) is 1.64.